The Morgan fingerprint density at radius 3 is 1.43 bits per heavy atom. The van der Waals surface area contributed by atoms with Crippen molar-refractivity contribution >= 4 is 17.1 Å². The zero-order valence-corrected chi connectivity index (χ0v) is 36.5. The Morgan fingerprint density at radius 1 is 0.323 bits per heavy atom. The number of rotatable bonds is 5. The third-order valence-corrected chi connectivity index (χ3v) is 14.9. The van der Waals surface area contributed by atoms with E-state index >= 15 is 0 Å². The second-order valence-electron chi connectivity index (χ2n) is 18.1. The lowest BCUT2D eigenvalue weighted by atomic mass is 9.66. The molecule has 0 fully saturated rings. The van der Waals surface area contributed by atoms with Crippen molar-refractivity contribution < 1.29 is 0 Å². The lowest BCUT2D eigenvalue weighted by Crippen LogP contribution is -2.29. The van der Waals surface area contributed by atoms with Gasteiger partial charge in [-0.05, 0) is 122 Å². The first-order chi connectivity index (χ1) is 32.1. The SMILES string of the molecule is Cc1ccc(C2(C)c3ccccc3-c3ccc(N(c4ccccc4-c4ccccc4)c4cccc5c4-c4ccccc4C54c5ccccc5-c5ccccc5-c5ccccc54)cc32)cc1. The van der Waals surface area contributed by atoms with E-state index in [2.05, 4.69) is 255 Å². The molecule has 1 spiro atoms. The molecule has 0 saturated heterocycles. The summed E-state index contributed by atoms with van der Waals surface area (Å²) in [5.74, 6) is 0. The van der Waals surface area contributed by atoms with Gasteiger partial charge in [-0.3, -0.25) is 0 Å². The summed E-state index contributed by atoms with van der Waals surface area (Å²) in [6.45, 7) is 4.60. The van der Waals surface area contributed by atoms with Crippen LogP contribution < -0.4 is 4.90 Å². The van der Waals surface area contributed by atoms with Gasteiger partial charge in [0.25, 0.3) is 0 Å². The summed E-state index contributed by atoms with van der Waals surface area (Å²) in [6.07, 6.45) is 0. The van der Waals surface area contributed by atoms with Gasteiger partial charge >= 0.3 is 0 Å². The van der Waals surface area contributed by atoms with E-state index in [0.717, 1.165) is 17.1 Å². The summed E-state index contributed by atoms with van der Waals surface area (Å²) < 4.78 is 0. The number of fused-ring (bicyclic) bond motifs is 15. The summed E-state index contributed by atoms with van der Waals surface area (Å²) in [7, 11) is 0. The average Bonchev–Trinajstić information content (AvgIpc) is 3.78. The van der Waals surface area contributed by atoms with Crippen LogP contribution >= 0.6 is 0 Å². The maximum absolute atomic E-state index is 2.57. The molecule has 1 unspecified atom stereocenters. The number of benzene rings is 10. The Morgan fingerprint density at radius 2 is 0.785 bits per heavy atom. The number of para-hydroxylation sites is 1. The Hall–Kier alpha value is -8.00. The van der Waals surface area contributed by atoms with E-state index in [-0.39, 0.29) is 5.41 Å². The van der Waals surface area contributed by atoms with E-state index in [0.29, 0.717) is 0 Å². The lowest BCUT2D eigenvalue weighted by molar-refractivity contribution is 0.713. The summed E-state index contributed by atoms with van der Waals surface area (Å²) in [4.78, 5) is 2.57. The second kappa shape index (κ2) is 14.3. The van der Waals surface area contributed by atoms with Crippen molar-refractivity contribution in [2.75, 3.05) is 4.90 Å². The number of aryl methyl sites for hydroxylation is 1. The van der Waals surface area contributed by atoms with Crippen molar-refractivity contribution in [1.82, 2.24) is 0 Å². The molecule has 0 N–H and O–H groups in total. The highest BCUT2D eigenvalue weighted by Crippen LogP contribution is 2.64. The van der Waals surface area contributed by atoms with Crippen LogP contribution in [0.25, 0.3) is 55.6 Å². The Labute approximate surface area is 381 Å². The molecule has 0 saturated carbocycles. The Kier molecular flexibility index (Phi) is 8.24. The van der Waals surface area contributed by atoms with E-state index in [9.17, 15) is 0 Å². The van der Waals surface area contributed by atoms with Gasteiger partial charge in [-0.2, -0.15) is 0 Å². The van der Waals surface area contributed by atoms with Crippen LogP contribution in [0.15, 0.2) is 237 Å². The first kappa shape index (κ1) is 37.5. The summed E-state index contributed by atoms with van der Waals surface area (Å²) in [6, 6.07) is 88.9. The van der Waals surface area contributed by atoms with Crippen LogP contribution in [-0.4, -0.2) is 0 Å². The average molecular weight is 828 g/mol. The molecular formula is C64H45N. The van der Waals surface area contributed by atoms with Gasteiger partial charge in [0, 0.05) is 22.2 Å². The van der Waals surface area contributed by atoms with Crippen molar-refractivity contribution in [2.24, 2.45) is 0 Å². The van der Waals surface area contributed by atoms with Gasteiger partial charge < -0.3 is 4.90 Å². The summed E-state index contributed by atoms with van der Waals surface area (Å²) in [5, 5.41) is 0. The molecule has 0 aliphatic heterocycles. The van der Waals surface area contributed by atoms with Gasteiger partial charge in [0.2, 0.25) is 0 Å². The Bertz CT molecular complexity index is 3460. The van der Waals surface area contributed by atoms with E-state index in [1.165, 1.54) is 100 Å². The highest BCUT2D eigenvalue weighted by molar-refractivity contribution is 6.03. The van der Waals surface area contributed by atoms with E-state index < -0.39 is 5.41 Å². The first-order valence-corrected chi connectivity index (χ1v) is 22.8. The number of nitrogens with zero attached hydrogens (tertiary/aromatic N) is 1. The molecule has 1 nitrogen and oxygen atoms in total. The van der Waals surface area contributed by atoms with E-state index in [4.69, 9.17) is 0 Å². The smallest absolute Gasteiger partial charge is 0.0726 e. The predicted octanol–water partition coefficient (Wildman–Crippen LogP) is 16.5. The van der Waals surface area contributed by atoms with Crippen LogP contribution in [0.1, 0.15) is 51.4 Å². The molecule has 3 aliphatic carbocycles. The largest absolute Gasteiger partial charge is 0.309 e. The number of hydrogen-bond acceptors (Lipinski definition) is 1. The minimum Gasteiger partial charge on any atom is -0.309 e. The standard InChI is InChI=1S/C64H45N/c1-42-35-37-44(38-36-42)63(2)54-28-13-8-26-51(54)52-40-39-45(41-59(52)63)65(60-33-17-12-21-46(60)43-19-4-3-5-20-43)61-34-18-32-58-62(61)53-27-11-16-31-57(53)64(58)55-29-14-9-24-49(55)47-22-6-7-23-48(47)50-25-10-15-30-56(50)64/h3-41H,1-2H3. The van der Waals surface area contributed by atoms with Crippen LogP contribution in [0.4, 0.5) is 17.1 Å². The molecule has 306 valence electrons. The van der Waals surface area contributed by atoms with Crippen LogP contribution in [0.2, 0.25) is 0 Å². The fourth-order valence-corrected chi connectivity index (χ4v) is 12.0. The molecule has 0 bridgehead atoms. The molecule has 1 heteroatoms. The highest BCUT2D eigenvalue weighted by Gasteiger charge is 2.51. The van der Waals surface area contributed by atoms with Crippen molar-refractivity contribution in [3.05, 3.63) is 281 Å². The van der Waals surface area contributed by atoms with Gasteiger partial charge in [0.05, 0.1) is 16.8 Å². The van der Waals surface area contributed by atoms with Crippen molar-refractivity contribution in [3.63, 3.8) is 0 Å². The molecule has 0 radical (unpaired) electrons. The van der Waals surface area contributed by atoms with Crippen molar-refractivity contribution in [3.8, 4) is 55.6 Å². The maximum atomic E-state index is 2.57. The molecule has 10 aromatic carbocycles. The van der Waals surface area contributed by atoms with Gasteiger partial charge in [0.15, 0.2) is 0 Å². The first-order valence-electron chi connectivity index (χ1n) is 22.8. The van der Waals surface area contributed by atoms with Gasteiger partial charge in [-0.25, -0.2) is 0 Å². The van der Waals surface area contributed by atoms with Crippen molar-refractivity contribution in [1.29, 1.82) is 0 Å². The summed E-state index contributed by atoms with van der Waals surface area (Å²) >= 11 is 0. The molecule has 0 amide bonds. The minimum absolute atomic E-state index is 0.363. The van der Waals surface area contributed by atoms with E-state index in [1.807, 2.05) is 0 Å². The van der Waals surface area contributed by atoms with Gasteiger partial charge in [0.1, 0.15) is 0 Å². The van der Waals surface area contributed by atoms with Crippen LogP contribution in [0.3, 0.4) is 0 Å². The molecule has 10 aromatic rings. The second-order valence-corrected chi connectivity index (χ2v) is 18.1. The molecule has 0 aromatic heterocycles. The molecule has 1 atom stereocenters. The Balaban J connectivity index is 1.13. The van der Waals surface area contributed by atoms with Crippen molar-refractivity contribution in [2.45, 2.75) is 24.7 Å². The topological polar surface area (TPSA) is 3.24 Å². The molecular weight excluding hydrogens is 783 g/mol. The minimum atomic E-state index is -0.595. The quantitative estimate of drug-likeness (QED) is 0.167. The maximum Gasteiger partial charge on any atom is 0.0726 e. The zero-order valence-electron chi connectivity index (χ0n) is 36.5. The highest BCUT2D eigenvalue weighted by atomic mass is 15.1. The van der Waals surface area contributed by atoms with Gasteiger partial charge in [-0.15, -0.1) is 0 Å². The number of anilines is 3. The molecule has 0 heterocycles. The fourth-order valence-electron chi connectivity index (χ4n) is 12.0. The number of hydrogen-bond donors (Lipinski definition) is 0. The fraction of sp³-hybridized carbons (Fsp3) is 0.0625. The van der Waals surface area contributed by atoms with E-state index in [1.54, 1.807) is 0 Å². The molecule has 3 aliphatic rings. The molecule has 65 heavy (non-hydrogen) atoms. The summed E-state index contributed by atoms with van der Waals surface area (Å²) in [5.41, 5.74) is 25.4. The lowest BCUT2D eigenvalue weighted by Gasteiger charge is -2.36. The van der Waals surface area contributed by atoms with Gasteiger partial charge in [-0.1, -0.05) is 218 Å². The zero-order chi connectivity index (χ0) is 43.3. The third-order valence-electron chi connectivity index (χ3n) is 14.9. The van der Waals surface area contributed by atoms with Crippen LogP contribution in [0, 0.1) is 6.92 Å². The monoisotopic (exact) mass is 827 g/mol. The molecule has 13 rings (SSSR count). The third kappa shape index (κ3) is 5.21. The normalized spacial score (nSPS) is 15.4. The van der Waals surface area contributed by atoms with Crippen LogP contribution in [0.5, 0.6) is 0 Å². The van der Waals surface area contributed by atoms with Crippen LogP contribution in [-0.2, 0) is 10.8 Å². The predicted molar refractivity (Wildman–Crippen MR) is 270 cm³/mol.